The number of likely N-dealkylation sites (N-methyl/N-ethyl adjacent to an activating group) is 1. The number of allylic oxidation sites excluding steroid dienone is 7. The van der Waals surface area contributed by atoms with Crippen LogP contribution in [-0.2, 0) is 0 Å². The van der Waals surface area contributed by atoms with Gasteiger partial charge in [0.1, 0.15) is 0 Å². The predicted molar refractivity (Wildman–Crippen MR) is 166 cm³/mol. The number of nitrogens with one attached hydrogen (secondary N) is 2. The number of H-pyrrole nitrogens is 1. The van der Waals surface area contributed by atoms with Crippen LogP contribution in [0.4, 0.5) is 4.39 Å². The molecule has 0 aromatic carbocycles. The van der Waals surface area contributed by atoms with E-state index in [9.17, 15) is 9.18 Å². The summed E-state index contributed by atoms with van der Waals surface area (Å²) in [6.07, 6.45) is 17.7. The van der Waals surface area contributed by atoms with Crippen molar-refractivity contribution in [2.24, 2.45) is 0 Å². The molecule has 3 unspecified atom stereocenters. The zero-order chi connectivity index (χ0) is 29.2. The second-order valence-electron chi connectivity index (χ2n) is 10.9. The highest BCUT2D eigenvalue weighted by atomic mass is 19.1. The lowest BCUT2D eigenvalue weighted by molar-refractivity contribution is 0.230. The number of aromatic amines is 1. The molecule has 6 nitrogen and oxygen atoms in total. The molecule has 1 saturated heterocycles. The Bertz CT molecular complexity index is 1280. The van der Waals surface area contributed by atoms with E-state index in [1.54, 1.807) is 12.1 Å². The molecule has 0 aliphatic carbocycles. The van der Waals surface area contributed by atoms with Crippen LogP contribution in [0, 0.1) is 0 Å². The monoisotopic (exact) mass is 547 g/mol. The van der Waals surface area contributed by atoms with Crippen LogP contribution in [0.25, 0.3) is 5.70 Å². The zero-order valence-corrected chi connectivity index (χ0v) is 25.0. The topological polar surface area (TPSA) is 64.3 Å². The van der Waals surface area contributed by atoms with Gasteiger partial charge in [0, 0.05) is 42.4 Å². The first-order valence-corrected chi connectivity index (χ1v) is 14.3. The minimum Gasteiger partial charge on any atom is -0.377 e. The minimum absolute atomic E-state index is 0.238. The predicted octanol–water partition coefficient (Wildman–Crippen LogP) is 6.04. The average Bonchev–Trinajstić information content (AvgIpc) is 3.07. The van der Waals surface area contributed by atoms with Gasteiger partial charge in [-0.3, -0.25) is 9.69 Å². The smallest absolute Gasteiger partial charge is 0.264 e. The van der Waals surface area contributed by atoms with Crippen molar-refractivity contribution in [2.75, 3.05) is 33.2 Å². The van der Waals surface area contributed by atoms with Crippen molar-refractivity contribution >= 4 is 5.70 Å². The second-order valence-corrected chi connectivity index (χ2v) is 10.9. The normalized spacial score (nSPS) is 24.9. The summed E-state index contributed by atoms with van der Waals surface area (Å²) < 4.78 is 13.7. The molecule has 2 aliphatic rings. The van der Waals surface area contributed by atoms with Gasteiger partial charge in [-0.25, -0.2) is 9.49 Å². The largest absolute Gasteiger partial charge is 0.377 e. The number of aromatic nitrogens is 2. The van der Waals surface area contributed by atoms with Gasteiger partial charge in [-0.2, -0.15) is 5.10 Å². The highest BCUT2D eigenvalue weighted by Gasteiger charge is 2.35. The Labute approximate surface area is 239 Å². The highest BCUT2D eigenvalue weighted by molar-refractivity contribution is 5.71. The lowest BCUT2D eigenvalue weighted by atomic mass is 9.79. The number of hydrogen-bond donors (Lipinski definition) is 2. The van der Waals surface area contributed by atoms with E-state index in [1.807, 2.05) is 32.1 Å². The van der Waals surface area contributed by atoms with Crippen LogP contribution in [0.15, 0.2) is 88.6 Å². The van der Waals surface area contributed by atoms with Crippen LogP contribution in [0.5, 0.6) is 0 Å². The van der Waals surface area contributed by atoms with Crippen molar-refractivity contribution < 1.29 is 4.39 Å². The molecule has 0 radical (unpaired) electrons. The summed E-state index contributed by atoms with van der Waals surface area (Å²) in [6.45, 7) is 18.4. The molecular weight excluding hydrogens is 501 g/mol. The van der Waals surface area contributed by atoms with Crippen molar-refractivity contribution in [3.05, 3.63) is 105 Å². The van der Waals surface area contributed by atoms with Gasteiger partial charge in [-0.15, -0.1) is 0 Å². The molecule has 1 aromatic rings. The minimum atomic E-state index is -0.273. The third-order valence-corrected chi connectivity index (χ3v) is 7.63. The molecular formula is C33H46FN5O. The van der Waals surface area contributed by atoms with E-state index in [1.165, 1.54) is 25.0 Å². The van der Waals surface area contributed by atoms with E-state index in [4.69, 9.17) is 0 Å². The Morgan fingerprint density at radius 3 is 2.73 bits per heavy atom. The Kier molecular flexibility index (Phi) is 11.6. The van der Waals surface area contributed by atoms with Crippen LogP contribution in [0.1, 0.15) is 64.6 Å². The summed E-state index contributed by atoms with van der Waals surface area (Å²) in [6, 6.07) is 1.85. The molecule has 3 heterocycles. The maximum Gasteiger partial charge on any atom is 0.264 e. The fourth-order valence-corrected chi connectivity index (χ4v) is 5.35. The third-order valence-electron chi connectivity index (χ3n) is 7.63. The third kappa shape index (κ3) is 8.35. The Hall–Kier alpha value is -3.29. The van der Waals surface area contributed by atoms with E-state index < -0.39 is 0 Å². The van der Waals surface area contributed by atoms with E-state index in [0.717, 1.165) is 60.7 Å². The molecule has 0 spiro atoms. The summed E-state index contributed by atoms with van der Waals surface area (Å²) in [5, 5.41) is 10.7. The van der Waals surface area contributed by atoms with E-state index in [-0.39, 0.29) is 23.3 Å². The quantitative estimate of drug-likeness (QED) is 0.369. The lowest BCUT2D eigenvalue weighted by Crippen LogP contribution is -2.41. The lowest BCUT2D eigenvalue weighted by Gasteiger charge is -2.36. The number of nitrogens with zero attached hydrogens (tertiary/aromatic N) is 3. The van der Waals surface area contributed by atoms with Crippen molar-refractivity contribution in [2.45, 2.75) is 65.5 Å². The van der Waals surface area contributed by atoms with Gasteiger partial charge < -0.3 is 10.2 Å². The van der Waals surface area contributed by atoms with Crippen molar-refractivity contribution in [1.82, 2.24) is 25.3 Å². The van der Waals surface area contributed by atoms with Crippen LogP contribution in [-0.4, -0.2) is 65.3 Å². The Balaban J connectivity index is 1.97. The standard InChI is InChI=1S/C33H46FN5O/c1-8-10-13-29-28-20-30(40)36-37-33(28)31(23(3)14-16-25(5)34)32(35-29)24(4)15-17-27(12-9-2)22-39-19-11-18-38(7)26(6)21-39/h8,10,12-17,20,26,31-32,35H,4,9,11,18-19,21-22H2,1-3,5-7H3,(H,36,40)/b10-8-,17-15-,23-14+,25-16+,27-12+,29-13+. The van der Waals surface area contributed by atoms with Gasteiger partial charge in [0.15, 0.2) is 0 Å². The first-order valence-electron chi connectivity index (χ1n) is 14.3. The van der Waals surface area contributed by atoms with Crippen LogP contribution >= 0.6 is 0 Å². The second kappa shape index (κ2) is 14.9. The van der Waals surface area contributed by atoms with E-state index in [0.29, 0.717) is 6.04 Å². The summed E-state index contributed by atoms with van der Waals surface area (Å²) >= 11 is 0. The highest BCUT2D eigenvalue weighted by Crippen LogP contribution is 2.38. The molecule has 7 heteroatoms. The fraction of sp³-hybridized carbons (Fsp3) is 0.455. The number of hydrogen-bond acceptors (Lipinski definition) is 5. The molecule has 0 bridgehead atoms. The maximum atomic E-state index is 13.7. The van der Waals surface area contributed by atoms with Gasteiger partial charge in [0.25, 0.3) is 5.56 Å². The molecule has 216 valence electrons. The fourth-order valence-electron chi connectivity index (χ4n) is 5.35. The van der Waals surface area contributed by atoms with Gasteiger partial charge in [0.05, 0.1) is 17.6 Å². The van der Waals surface area contributed by atoms with Crippen LogP contribution in [0.2, 0.25) is 0 Å². The molecule has 0 amide bonds. The Morgan fingerprint density at radius 2 is 2.02 bits per heavy atom. The Morgan fingerprint density at radius 1 is 1.25 bits per heavy atom. The molecule has 3 rings (SSSR count). The van der Waals surface area contributed by atoms with Crippen LogP contribution in [0.3, 0.4) is 0 Å². The molecule has 2 N–H and O–H groups in total. The molecule has 0 saturated carbocycles. The van der Waals surface area contributed by atoms with Crippen LogP contribution < -0.4 is 10.9 Å². The van der Waals surface area contributed by atoms with Crippen molar-refractivity contribution in [1.29, 1.82) is 0 Å². The number of halogens is 1. The zero-order valence-electron chi connectivity index (χ0n) is 25.0. The van der Waals surface area contributed by atoms with Crippen molar-refractivity contribution in [3.63, 3.8) is 0 Å². The summed E-state index contributed by atoms with van der Waals surface area (Å²) in [4.78, 5) is 17.2. The SMILES string of the molecule is C=C(/C=C\C(=C/CC)CN1CCCN(C)C(C)C1)C1N/C(=C/C=C\C)c2cc(=O)[nH]nc2C1/C(C)=C/C=C(\C)F. The molecule has 2 aliphatic heterocycles. The first kappa shape index (κ1) is 31.2. The van der Waals surface area contributed by atoms with Gasteiger partial charge >= 0.3 is 0 Å². The van der Waals surface area contributed by atoms with Crippen molar-refractivity contribution in [3.8, 4) is 0 Å². The molecule has 1 fully saturated rings. The van der Waals surface area contributed by atoms with Gasteiger partial charge in [0.2, 0.25) is 0 Å². The summed E-state index contributed by atoms with van der Waals surface area (Å²) in [5.41, 5.74) is 5.08. The first-order chi connectivity index (χ1) is 19.1. The number of fused-ring (bicyclic) bond motifs is 1. The molecule has 3 atom stereocenters. The number of rotatable bonds is 9. The van der Waals surface area contributed by atoms with Gasteiger partial charge in [-0.05, 0) is 84.0 Å². The van der Waals surface area contributed by atoms with E-state index in [2.05, 4.69) is 71.0 Å². The summed E-state index contributed by atoms with van der Waals surface area (Å²) in [7, 11) is 2.21. The maximum absolute atomic E-state index is 13.7. The molecule has 1 aromatic heterocycles. The summed E-state index contributed by atoms with van der Waals surface area (Å²) in [5.74, 6) is -0.520. The van der Waals surface area contributed by atoms with Gasteiger partial charge in [-0.1, -0.05) is 55.5 Å². The average molecular weight is 548 g/mol. The molecule has 40 heavy (non-hydrogen) atoms. The van der Waals surface area contributed by atoms with E-state index >= 15 is 0 Å².